The third kappa shape index (κ3) is 5.34. The quantitative estimate of drug-likeness (QED) is 0.453. The average molecular weight is 504 g/mol. The second-order valence-electron chi connectivity index (χ2n) is 5.04. The number of nitrogens with zero attached hydrogens (tertiary/aromatic N) is 2. The maximum absolute atomic E-state index is 11.4. The van der Waals surface area contributed by atoms with E-state index in [4.69, 9.17) is 4.18 Å². The van der Waals surface area contributed by atoms with Gasteiger partial charge in [0.1, 0.15) is 9.80 Å². The first-order valence-electron chi connectivity index (χ1n) is 6.51. The maximum atomic E-state index is 11.4. The zero-order valence-corrected chi connectivity index (χ0v) is 16.7. The predicted octanol–water partition coefficient (Wildman–Crippen LogP) is 1.16. The van der Waals surface area contributed by atoms with Crippen LogP contribution in [-0.4, -0.2) is 56.9 Å². The molecule has 1 atom stereocenters. The number of hydrogen-bond donors (Lipinski definition) is 1. The van der Waals surface area contributed by atoms with Crippen LogP contribution < -0.4 is 0 Å². The van der Waals surface area contributed by atoms with Crippen LogP contribution in [0.1, 0.15) is 11.7 Å². The molecular weight excluding hydrogens is 491 g/mol. The Labute approximate surface area is 157 Å². The molecular formula is C12H13IN2O8S2. The molecule has 1 aromatic heterocycles. The molecule has 2 aromatic rings. The molecule has 0 saturated heterocycles. The van der Waals surface area contributed by atoms with Gasteiger partial charge in [0.15, 0.2) is 0 Å². The summed E-state index contributed by atoms with van der Waals surface area (Å²) in [5.74, 6) is 0. The predicted molar refractivity (Wildman–Crippen MR) is 95.3 cm³/mol. The summed E-state index contributed by atoms with van der Waals surface area (Å²) in [4.78, 5) is 11.3. The summed E-state index contributed by atoms with van der Waals surface area (Å²) in [6.07, 6.45) is -0.971. The number of halogens is 1. The molecule has 13 heteroatoms. The van der Waals surface area contributed by atoms with Gasteiger partial charge in [-0.05, 0) is 40.3 Å². The van der Waals surface area contributed by atoms with Gasteiger partial charge in [-0.25, -0.2) is 4.79 Å². The van der Waals surface area contributed by atoms with Gasteiger partial charge in [0.2, 0.25) is 0 Å². The van der Waals surface area contributed by atoms with Crippen molar-refractivity contribution in [3.05, 3.63) is 27.5 Å². The minimum Gasteiger partial charge on any atom is -0.463 e. The Balaban J connectivity index is 2.52. The topological polar surface area (TPSA) is 142 Å². The Morgan fingerprint density at radius 3 is 2.44 bits per heavy atom. The van der Waals surface area contributed by atoms with Crippen LogP contribution in [-0.2, 0) is 28.6 Å². The summed E-state index contributed by atoms with van der Waals surface area (Å²) in [6, 6.07) is 4.39. The molecule has 0 aliphatic rings. The minimum atomic E-state index is -3.93. The third-order valence-electron chi connectivity index (χ3n) is 2.94. The fraction of sp³-hybridized carbons (Fsp3) is 0.333. The van der Waals surface area contributed by atoms with Gasteiger partial charge in [0.25, 0.3) is 20.2 Å². The number of rotatable bonds is 6. The van der Waals surface area contributed by atoms with Crippen LogP contribution in [0.5, 0.6) is 0 Å². The minimum absolute atomic E-state index is 0.204. The summed E-state index contributed by atoms with van der Waals surface area (Å²) in [5, 5.41) is 13.6. The molecule has 0 fully saturated rings. The molecule has 1 heterocycles. The lowest BCUT2D eigenvalue weighted by atomic mass is 10.1. The summed E-state index contributed by atoms with van der Waals surface area (Å²) in [5.41, 5.74) is 0.427. The molecule has 0 bridgehead atoms. The fourth-order valence-electron chi connectivity index (χ4n) is 2.02. The van der Waals surface area contributed by atoms with Crippen molar-refractivity contribution in [1.29, 1.82) is 0 Å². The van der Waals surface area contributed by atoms with E-state index in [2.05, 4.69) is 9.28 Å². The number of fused-ring (bicyclic) bond motifs is 1. The molecule has 138 valence electrons. The molecule has 0 radical (unpaired) electrons. The van der Waals surface area contributed by atoms with Gasteiger partial charge in [-0.3, -0.25) is 8.37 Å². The van der Waals surface area contributed by atoms with E-state index in [1.165, 1.54) is 18.2 Å². The van der Waals surface area contributed by atoms with Gasteiger partial charge in [0.05, 0.1) is 24.6 Å². The van der Waals surface area contributed by atoms with Crippen LogP contribution in [0.3, 0.4) is 0 Å². The van der Waals surface area contributed by atoms with E-state index in [0.29, 0.717) is 9.09 Å². The molecule has 0 aliphatic heterocycles. The van der Waals surface area contributed by atoms with Crippen molar-refractivity contribution in [2.75, 3.05) is 19.1 Å². The average Bonchev–Trinajstić information content (AvgIpc) is 2.78. The standard InChI is InChI=1S/C12H13IN2O8S2/c1-24(18,19)22-6-10(23-25(2,20)21)7-3-4-8-9(5-7)15(12(16)17)14-11(8)13/h3-5,10H,6H2,1-2H3,(H,16,17)/t10-/m1/s1. The molecule has 0 spiro atoms. The molecule has 0 aliphatic carbocycles. The highest BCUT2D eigenvalue weighted by Crippen LogP contribution is 2.27. The Morgan fingerprint density at radius 2 is 1.92 bits per heavy atom. The van der Waals surface area contributed by atoms with E-state index in [-0.39, 0.29) is 11.1 Å². The van der Waals surface area contributed by atoms with Crippen molar-refractivity contribution < 1.29 is 35.1 Å². The maximum Gasteiger partial charge on any atom is 0.432 e. The summed E-state index contributed by atoms with van der Waals surface area (Å²) >= 11 is 1.86. The largest absolute Gasteiger partial charge is 0.463 e. The van der Waals surface area contributed by atoms with Crippen molar-refractivity contribution >= 4 is 59.8 Å². The van der Waals surface area contributed by atoms with Crippen LogP contribution in [0, 0.1) is 3.70 Å². The second kappa shape index (κ2) is 7.14. The Hall–Kier alpha value is -1.29. The van der Waals surface area contributed by atoms with Crippen LogP contribution in [0.25, 0.3) is 10.9 Å². The second-order valence-corrected chi connectivity index (χ2v) is 9.31. The molecule has 1 aromatic carbocycles. The van der Waals surface area contributed by atoms with Crippen LogP contribution >= 0.6 is 22.6 Å². The Bertz CT molecular complexity index is 1030. The molecule has 25 heavy (non-hydrogen) atoms. The van der Waals surface area contributed by atoms with Crippen molar-refractivity contribution in [2.45, 2.75) is 6.10 Å². The van der Waals surface area contributed by atoms with E-state index >= 15 is 0 Å². The van der Waals surface area contributed by atoms with Crippen LogP contribution in [0.4, 0.5) is 4.79 Å². The highest BCUT2D eigenvalue weighted by Gasteiger charge is 2.23. The molecule has 2 rings (SSSR count). The highest BCUT2D eigenvalue weighted by molar-refractivity contribution is 14.1. The van der Waals surface area contributed by atoms with Crippen LogP contribution in [0.15, 0.2) is 18.2 Å². The normalized spacial score (nSPS) is 13.9. The zero-order valence-electron chi connectivity index (χ0n) is 12.9. The van der Waals surface area contributed by atoms with Gasteiger partial charge in [-0.2, -0.15) is 26.6 Å². The number of carboxylic acid groups (broad SMARTS) is 1. The monoisotopic (exact) mass is 504 g/mol. The van der Waals surface area contributed by atoms with Gasteiger partial charge in [-0.15, -0.1) is 0 Å². The number of hydrogen-bond acceptors (Lipinski definition) is 8. The van der Waals surface area contributed by atoms with E-state index in [1.807, 2.05) is 22.6 Å². The van der Waals surface area contributed by atoms with Crippen LogP contribution in [0.2, 0.25) is 0 Å². The number of benzene rings is 1. The van der Waals surface area contributed by atoms with E-state index in [9.17, 15) is 26.7 Å². The van der Waals surface area contributed by atoms with Crippen molar-refractivity contribution in [3.63, 3.8) is 0 Å². The van der Waals surface area contributed by atoms with Gasteiger partial charge >= 0.3 is 6.09 Å². The smallest absolute Gasteiger partial charge is 0.432 e. The fourth-order valence-corrected chi connectivity index (χ4v) is 3.65. The molecule has 0 unspecified atom stereocenters. The van der Waals surface area contributed by atoms with E-state index < -0.39 is 39.0 Å². The first kappa shape index (κ1) is 20.0. The summed E-state index contributed by atoms with van der Waals surface area (Å²) in [6.45, 7) is -0.588. The molecule has 1 N–H and O–H groups in total. The highest BCUT2D eigenvalue weighted by atomic mass is 127. The third-order valence-corrected chi connectivity index (χ3v) is 4.88. The first-order valence-corrected chi connectivity index (χ1v) is 11.2. The summed E-state index contributed by atoms with van der Waals surface area (Å²) in [7, 11) is -7.76. The summed E-state index contributed by atoms with van der Waals surface area (Å²) < 4.78 is 55.9. The Morgan fingerprint density at radius 1 is 1.28 bits per heavy atom. The lowest BCUT2D eigenvalue weighted by Gasteiger charge is -2.16. The van der Waals surface area contributed by atoms with Crippen molar-refractivity contribution in [3.8, 4) is 0 Å². The van der Waals surface area contributed by atoms with Gasteiger partial charge in [-0.1, -0.05) is 6.07 Å². The zero-order chi connectivity index (χ0) is 19.0. The number of aromatic nitrogens is 2. The lowest BCUT2D eigenvalue weighted by molar-refractivity contribution is 0.141. The Kier molecular flexibility index (Phi) is 5.72. The lowest BCUT2D eigenvalue weighted by Crippen LogP contribution is -2.18. The molecule has 10 nitrogen and oxygen atoms in total. The SMILES string of the molecule is CS(=O)(=O)OC[C@@H](OS(C)(=O)=O)c1ccc2c(I)nn(C(=O)O)c2c1. The number of carbonyl (C=O) groups is 1. The van der Waals surface area contributed by atoms with Gasteiger partial charge < -0.3 is 5.11 Å². The van der Waals surface area contributed by atoms with Crippen molar-refractivity contribution in [1.82, 2.24) is 9.78 Å². The molecule has 0 amide bonds. The van der Waals surface area contributed by atoms with Gasteiger partial charge in [0, 0.05) is 5.39 Å². The van der Waals surface area contributed by atoms with E-state index in [0.717, 1.165) is 17.2 Å². The van der Waals surface area contributed by atoms with Crippen molar-refractivity contribution in [2.24, 2.45) is 0 Å². The van der Waals surface area contributed by atoms with E-state index in [1.54, 1.807) is 0 Å². The first-order chi connectivity index (χ1) is 11.4. The molecule has 0 saturated carbocycles.